The molecule has 2 aliphatic rings. The van der Waals surface area contributed by atoms with E-state index < -0.39 is 5.60 Å². The summed E-state index contributed by atoms with van der Waals surface area (Å²) >= 11 is 0. The molecule has 1 aliphatic heterocycles. The Morgan fingerprint density at radius 1 is 1.03 bits per heavy atom. The van der Waals surface area contributed by atoms with E-state index in [-0.39, 0.29) is 30.0 Å². The maximum Gasteiger partial charge on any atom is 0.407 e. The van der Waals surface area contributed by atoms with Crippen LogP contribution in [0.1, 0.15) is 69.9 Å². The summed E-state index contributed by atoms with van der Waals surface area (Å²) in [4.78, 5) is 15.0. The van der Waals surface area contributed by atoms with E-state index in [4.69, 9.17) is 9.47 Å². The number of likely N-dealkylation sites (tertiary alicyclic amines) is 1. The van der Waals surface area contributed by atoms with Crippen molar-refractivity contribution in [1.29, 1.82) is 0 Å². The number of carbonyl (C=O) groups is 1. The summed E-state index contributed by atoms with van der Waals surface area (Å²) < 4.78 is 25.6. The molecular formula is C30H41FN2O3. The van der Waals surface area contributed by atoms with Gasteiger partial charge in [-0.2, -0.15) is 0 Å². The van der Waals surface area contributed by atoms with Gasteiger partial charge in [-0.25, -0.2) is 9.18 Å². The van der Waals surface area contributed by atoms with Crippen molar-refractivity contribution in [1.82, 2.24) is 10.2 Å². The van der Waals surface area contributed by atoms with Gasteiger partial charge in [0.2, 0.25) is 0 Å². The van der Waals surface area contributed by atoms with Crippen LogP contribution in [0.4, 0.5) is 9.18 Å². The fourth-order valence-corrected chi connectivity index (χ4v) is 5.49. The molecule has 1 amide bonds. The highest BCUT2D eigenvalue weighted by molar-refractivity contribution is 5.68. The zero-order valence-electron chi connectivity index (χ0n) is 21.9. The molecular weight excluding hydrogens is 455 g/mol. The fourth-order valence-electron chi connectivity index (χ4n) is 5.49. The van der Waals surface area contributed by atoms with Crippen molar-refractivity contribution in [2.45, 2.75) is 83.1 Å². The lowest BCUT2D eigenvalue weighted by molar-refractivity contribution is -0.0220. The van der Waals surface area contributed by atoms with Crippen LogP contribution in [0.2, 0.25) is 0 Å². The number of carbonyl (C=O) groups excluding carboxylic acids is 1. The van der Waals surface area contributed by atoms with Crippen LogP contribution in [0.3, 0.4) is 0 Å². The van der Waals surface area contributed by atoms with Crippen LogP contribution in [0.15, 0.2) is 54.6 Å². The van der Waals surface area contributed by atoms with E-state index in [0.29, 0.717) is 12.5 Å². The van der Waals surface area contributed by atoms with Gasteiger partial charge in [0.1, 0.15) is 11.4 Å². The maximum absolute atomic E-state index is 13.6. The second-order valence-electron chi connectivity index (χ2n) is 11.4. The predicted molar refractivity (Wildman–Crippen MR) is 140 cm³/mol. The molecule has 6 heteroatoms. The summed E-state index contributed by atoms with van der Waals surface area (Å²) in [6.45, 7) is 8.95. The maximum atomic E-state index is 13.6. The predicted octanol–water partition coefficient (Wildman–Crippen LogP) is 6.28. The highest BCUT2D eigenvalue weighted by Crippen LogP contribution is 2.34. The van der Waals surface area contributed by atoms with E-state index in [0.717, 1.165) is 57.3 Å². The van der Waals surface area contributed by atoms with Crippen LogP contribution in [-0.2, 0) is 16.0 Å². The molecule has 4 rings (SSSR count). The van der Waals surface area contributed by atoms with Crippen molar-refractivity contribution in [3.63, 3.8) is 0 Å². The molecule has 2 aromatic rings. The number of halogens is 1. The van der Waals surface area contributed by atoms with Crippen LogP contribution in [0.5, 0.6) is 0 Å². The minimum Gasteiger partial charge on any atom is -0.444 e. The van der Waals surface area contributed by atoms with Gasteiger partial charge in [0.05, 0.1) is 12.7 Å². The number of nitrogens with zero attached hydrogens (tertiary/aromatic N) is 1. The van der Waals surface area contributed by atoms with Gasteiger partial charge in [0.25, 0.3) is 0 Å². The van der Waals surface area contributed by atoms with Gasteiger partial charge in [-0.1, -0.05) is 42.5 Å². The van der Waals surface area contributed by atoms with Gasteiger partial charge in [0, 0.05) is 31.6 Å². The van der Waals surface area contributed by atoms with E-state index >= 15 is 0 Å². The van der Waals surface area contributed by atoms with Crippen molar-refractivity contribution in [3.05, 3.63) is 71.5 Å². The number of rotatable bonds is 7. The Hall–Kier alpha value is -2.44. The molecule has 0 radical (unpaired) electrons. The van der Waals surface area contributed by atoms with Crippen molar-refractivity contribution in [2.24, 2.45) is 5.92 Å². The Kier molecular flexibility index (Phi) is 9.02. The molecule has 1 unspecified atom stereocenters. The van der Waals surface area contributed by atoms with Crippen LogP contribution in [-0.4, -0.2) is 48.4 Å². The van der Waals surface area contributed by atoms with E-state index in [1.54, 1.807) is 12.1 Å². The zero-order chi connectivity index (χ0) is 25.5. The zero-order valence-corrected chi connectivity index (χ0v) is 21.9. The molecule has 0 bridgehead atoms. The van der Waals surface area contributed by atoms with Gasteiger partial charge >= 0.3 is 6.09 Å². The molecule has 0 spiro atoms. The highest BCUT2D eigenvalue weighted by atomic mass is 19.1. The molecule has 196 valence electrons. The van der Waals surface area contributed by atoms with E-state index in [1.165, 1.54) is 11.6 Å². The number of amides is 1. The second kappa shape index (κ2) is 12.2. The average Bonchev–Trinajstić information content (AvgIpc) is 2.84. The van der Waals surface area contributed by atoms with Crippen molar-refractivity contribution in [2.75, 3.05) is 19.7 Å². The lowest BCUT2D eigenvalue weighted by Crippen LogP contribution is -2.53. The molecule has 36 heavy (non-hydrogen) atoms. The Bertz CT molecular complexity index is 970. The summed E-state index contributed by atoms with van der Waals surface area (Å²) in [7, 11) is 0. The van der Waals surface area contributed by atoms with Gasteiger partial charge in [0.15, 0.2) is 0 Å². The number of piperidine rings is 1. The molecule has 2 atom stereocenters. The Labute approximate surface area is 215 Å². The molecule has 1 N–H and O–H groups in total. The first kappa shape index (κ1) is 26.6. The van der Waals surface area contributed by atoms with Crippen molar-refractivity contribution >= 4 is 6.09 Å². The summed E-state index contributed by atoms with van der Waals surface area (Å²) in [5.74, 6) is 0.431. The monoisotopic (exact) mass is 496 g/mol. The highest BCUT2D eigenvalue weighted by Gasteiger charge is 2.33. The molecule has 1 saturated heterocycles. The minimum absolute atomic E-state index is 0.0236. The first-order valence-electron chi connectivity index (χ1n) is 13.4. The topological polar surface area (TPSA) is 50.8 Å². The molecule has 2 fully saturated rings. The number of nitrogens with one attached hydrogen (secondary N) is 1. The number of hydrogen-bond acceptors (Lipinski definition) is 4. The van der Waals surface area contributed by atoms with Gasteiger partial charge < -0.3 is 14.8 Å². The lowest BCUT2D eigenvalue weighted by Gasteiger charge is -2.40. The first-order chi connectivity index (χ1) is 17.2. The molecule has 1 heterocycles. The quantitative estimate of drug-likeness (QED) is 0.490. The minimum atomic E-state index is -0.523. The molecule has 2 aromatic carbocycles. The third-order valence-corrected chi connectivity index (χ3v) is 7.31. The van der Waals surface area contributed by atoms with Crippen LogP contribution < -0.4 is 5.32 Å². The standard InChI is InChI=1S/C30H41FN2O3/c1-30(2,3)36-29(34)32-28-16-17-33(19-22-8-5-4-6-9-22)20-25(28)21-35-27-14-12-23(13-15-27)24-10-7-11-26(31)18-24/h4-11,18,23,25,27-28H,12-17,19-21H2,1-3H3,(H,32,34)/t23?,25?,27?,28-/m0/s1. The summed E-state index contributed by atoms with van der Waals surface area (Å²) in [5, 5.41) is 3.13. The lowest BCUT2D eigenvalue weighted by atomic mass is 9.82. The normalized spacial score (nSPS) is 25.3. The molecule has 1 aliphatic carbocycles. The third-order valence-electron chi connectivity index (χ3n) is 7.31. The SMILES string of the molecule is CC(C)(C)OC(=O)N[C@H]1CCN(Cc2ccccc2)CC1COC1CCC(c2cccc(F)c2)CC1. The Balaban J connectivity index is 1.32. The van der Waals surface area contributed by atoms with Crippen LogP contribution >= 0.6 is 0 Å². The smallest absolute Gasteiger partial charge is 0.407 e. The van der Waals surface area contributed by atoms with Crippen LogP contribution in [0, 0.1) is 11.7 Å². The molecule has 1 saturated carbocycles. The summed E-state index contributed by atoms with van der Waals surface area (Å²) in [5.41, 5.74) is 1.87. The van der Waals surface area contributed by atoms with Gasteiger partial charge in [-0.3, -0.25) is 4.90 Å². The van der Waals surface area contributed by atoms with E-state index in [2.05, 4.69) is 34.5 Å². The Morgan fingerprint density at radius 3 is 2.47 bits per heavy atom. The van der Waals surface area contributed by atoms with Crippen LogP contribution in [0.25, 0.3) is 0 Å². The van der Waals surface area contributed by atoms with Gasteiger partial charge in [-0.05, 0) is 82.1 Å². The summed E-state index contributed by atoms with van der Waals surface area (Å²) in [6, 6.07) is 17.5. The van der Waals surface area contributed by atoms with E-state index in [9.17, 15) is 9.18 Å². The number of hydrogen-bond donors (Lipinski definition) is 1. The fraction of sp³-hybridized carbons (Fsp3) is 0.567. The number of alkyl carbamates (subject to hydrolysis) is 1. The first-order valence-corrected chi connectivity index (χ1v) is 13.4. The third kappa shape index (κ3) is 8.04. The largest absolute Gasteiger partial charge is 0.444 e. The molecule has 5 nitrogen and oxygen atoms in total. The van der Waals surface area contributed by atoms with Crippen molar-refractivity contribution < 1.29 is 18.7 Å². The average molecular weight is 497 g/mol. The van der Waals surface area contributed by atoms with Crippen molar-refractivity contribution in [3.8, 4) is 0 Å². The second-order valence-corrected chi connectivity index (χ2v) is 11.4. The van der Waals surface area contributed by atoms with E-state index in [1.807, 2.05) is 32.9 Å². The number of ether oxygens (including phenoxy) is 2. The summed E-state index contributed by atoms with van der Waals surface area (Å²) in [6.07, 6.45) is 4.70. The molecule has 0 aromatic heterocycles. The van der Waals surface area contributed by atoms with Gasteiger partial charge in [-0.15, -0.1) is 0 Å². The Morgan fingerprint density at radius 2 is 1.78 bits per heavy atom. The number of benzene rings is 2.